The van der Waals surface area contributed by atoms with Gasteiger partial charge in [0.25, 0.3) is 5.78 Å². The van der Waals surface area contributed by atoms with Gasteiger partial charge in [0.2, 0.25) is 5.69 Å². The minimum atomic E-state index is -3.94. The number of ketones is 1. The average Bonchev–Trinajstić information content (AvgIpc) is 2.76. The molecule has 3 heterocycles. The fourth-order valence-electron chi connectivity index (χ4n) is 2.04. The molecule has 0 radical (unpaired) electrons. The highest BCUT2D eigenvalue weighted by atomic mass is 19.2. The van der Waals surface area contributed by atoms with Gasteiger partial charge in [-0.3, -0.25) is 4.79 Å². The number of nitrogens with zero attached hydrogens (tertiary/aromatic N) is 2. The van der Waals surface area contributed by atoms with Crippen molar-refractivity contribution in [3.05, 3.63) is 54.1 Å². The summed E-state index contributed by atoms with van der Waals surface area (Å²) in [4.78, 5) is 11.9. The topological polar surface area (TPSA) is 25.9 Å². The van der Waals surface area contributed by atoms with Crippen LogP contribution in [0.1, 0.15) is 16.2 Å². The maximum Gasteiger partial charge on any atom is 0.737 e. The molecule has 0 atom stereocenters. The molecule has 0 fully saturated rings. The van der Waals surface area contributed by atoms with Crippen molar-refractivity contribution in [3.63, 3.8) is 0 Å². The van der Waals surface area contributed by atoms with Gasteiger partial charge < -0.3 is 17.6 Å². The Morgan fingerprint density at radius 1 is 1.19 bits per heavy atom. The SMILES string of the molecule is O=C1c2cccn2[B-](F)(F)[n+]2ccccc21. The summed E-state index contributed by atoms with van der Waals surface area (Å²) >= 11 is 0. The number of hydrogen-bond donors (Lipinski definition) is 0. The molecule has 0 aromatic carbocycles. The maximum absolute atomic E-state index is 14.0. The quantitative estimate of drug-likeness (QED) is 0.610. The number of rotatable bonds is 0. The van der Waals surface area contributed by atoms with Gasteiger partial charge in [-0.1, -0.05) is 0 Å². The molecule has 0 spiro atoms. The third-order valence-electron chi connectivity index (χ3n) is 2.80. The van der Waals surface area contributed by atoms with Crippen molar-refractivity contribution in [2.45, 2.75) is 0 Å². The third-order valence-corrected chi connectivity index (χ3v) is 2.80. The molecule has 6 heteroatoms. The lowest BCUT2D eigenvalue weighted by Crippen LogP contribution is -2.69. The smallest absolute Gasteiger partial charge is 0.393 e. The highest BCUT2D eigenvalue weighted by Crippen LogP contribution is 2.20. The molecule has 16 heavy (non-hydrogen) atoms. The predicted molar refractivity (Wildman–Crippen MR) is 53.3 cm³/mol. The van der Waals surface area contributed by atoms with Gasteiger partial charge in [0.05, 0.1) is 5.69 Å². The molecule has 0 saturated heterocycles. The van der Waals surface area contributed by atoms with Crippen LogP contribution in [0.3, 0.4) is 0 Å². The van der Waals surface area contributed by atoms with Crippen molar-refractivity contribution in [2.75, 3.05) is 0 Å². The first-order valence-corrected chi connectivity index (χ1v) is 4.86. The summed E-state index contributed by atoms with van der Waals surface area (Å²) in [5.74, 6) is -0.376. The highest BCUT2D eigenvalue weighted by Gasteiger charge is 2.50. The molecule has 1 aliphatic heterocycles. The van der Waals surface area contributed by atoms with Crippen molar-refractivity contribution in [3.8, 4) is 0 Å². The minimum absolute atomic E-state index is 0.0266. The number of hydrogen-bond acceptors (Lipinski definition) is 1. The first-order chi connectivity index (χ1) is 7.62. The third kappa shape index (κ3) is 0.960. The zero-order valence-electron chi connectivity index (χ0n) is 8.18. The van der Waals surface area contributed by atoms with Crippen LogP contribution in [0.4, 0.5) is 8.63 Å². The molecule has 0 aliphatic carbocycles. The van der Waals surface area contributed by atoms with Gasteiger partial charge in [-0.2, -0.15) is 0 Å². The zero-order chi connectivity index (χ0) is 11.3. The fraction of sp³-hybridized carbons (Fsp3) is 0. The first kappa shape index (κ1) is 9.27. The Hall–Kier alpha value is -1.98. The van der Waals surface area contributed by atoms with Crippen LogP contribution in [0, 0.1) is 0 Å². The average molecular weight is 220 g/mol. The van der Waals surface area contributed by atoms with Gasteiger partial charge in [-0.25, -0.2) is 0 Å². The Bertz CT molecular complexity index is 594. The summed E-state index contributed by atoms with van der Waals surface area (Å²) in [5, 5.41) is 0. The van der Waals surface area contributed by atoms with Crippen LogP contribution >= 0.6 is 0 Å². The largest absolute Gasteiger partial charge is 0.737 e. The van der Waals surface area contributed by atoms with Gasteiger partial charge >= 0.3 is 6.97 Å². The number of carbonyl (C=O) groups excluding carboxylic acids is 1. The van der Waals surface area contributed by atoms with Crippen molar-refractivity contribution in [1.82, 2.24) is 4.48 Å². The molecular weight excluding hydrogens is 213 g/mol. The van der Waals surface area contributed by atoms with E-state index in [2.05, 4.69) is 0 Å². The first-order valence-electron chi connectivity index (χ1n) is 4.86. The summed E-state index contributed by atoms with van der Waals surface area (Å²) in [6.45, 7) is -3.94. The Labute approximate surface area is 90.0 Å². The Morgan fingerprint density at radius 2 is 2.00 bits per heavy atom. The van der Waals surface area contributed by atoms with Crippen LogP contribution in [-0.4, -0.2) is 17.2 Å². The van der Waals surface area contributed by atoms with E-state index in [4.69, 9.17) is 0 Å². The van der Waals surface area contributed by atoms with E-state index in [-0.39, 0.29) is 17.2 Å². The lowest BCUT2D eigenvalue weighted by Gasteiger charge is -2.27. The van der Waals surface area contributed by atoms with E-state index in [1.807, 2.05) is 0 Å². The summed E-state index contributed by atoms with van der Waals surface area (Å²) in [6, 6.07) is 7.34. The van der Waals surface area contributed by atoms with Crippen LogP contribution < -0.4 is 4.48 Å². The van der Waals surface area contributed by atoms with Crippen LogP contribution in [0.25, 0.3) is 0 Å². The van der Waals surface area contributed by atoms with E-state index >= 15 is 0 Å². The molecule has 0 amide bonds. The standard InChI is InChI=1S/C10H7BF2N2O/c12-11(13)14-6-2-1-4-8(14)10(16)9-5-3-7-15(9)11/h1-7H. The lowest BCUT2D eigenvalue weighted by molar-refractivity contribution is -0.572. The summed E-state index contributed by atoms with van der Waals surface area (Å²) in [5.41, 5.74) is 0.0647. The molecule has 0 N–H and O–H groups in total. The second-order valence-corrected chi connectivity index (χ2v) is 3.71. The Balaban J connectivity index is 2.38. The van der Waals surface area contributed by atoms with Crippen molar-refractivity contribution in [1.29, 1.82) is 0 Å². The monoisotopic (exact) mass is 220 g/mol. The minimum Gasteiger partial charge on any atom is -0.393 e. The summed E-state index contributed by atoms with van der Waals surface area (Å²) in [6.07, 6.45) is 2.46. The molecule has 0 saturated carbocycles. The number of aromatic nitrogens is 2. The number of fused-ring (bicyclic) bond motifs is 2. The normalized spacial score (nSPS) is 16.8. The van der Waals surface area contributed by atoms with Crippen LogP contribution in [0.2, 0.25) is 0 Å². The van der Waals surface area contributed by atoms with E-state index in [0.717, 1.165) is 8.96 Å². The fourth-order valence-corrected chi connectivity index (χ4v) is 2.04. The van der Waals surface area contributed by atoms with Gasteiger partial charge in [0.15, 0.2) is 0 Å². The van der Waals surface area contributed by atoms with Crippen LogP contribution in [0.15, 0.2) is 42.7 Å². The molecule has 1 aliphatic rings. The second-order valence-electron chi connectivity index (χ2n) is 3.71. The molecule has 2 aromatic rings. The lowest BCUT2D eigenvalue weighted by atomic mass is 9.90. The number of halogens is 2. The summed E-state index contributed by atoms with van der Waals surface area (Å²) in [7, 11) is 0. The van der Waals surface area contributed by atoms with Gasteiger partial charge in [-0.15, -0.1) is 0 Å². The highest BCUT2D eigenvalue weighted by molar-refractivity contribution is 6.56. The van der Waals surface area contributed by atoms with Crippen LogP contribution in [-0.2, 0) is 0 Å². The van der Waals surface area contributed by atoms with E-state index < -0.39 is 6.97 Å². The molecule has 3 nitrogen and oxygen atoms in total. The number of pyridine rings is 1. The second kappa shape index (κ2) is 2.78. The molecule has 3 rings (SSSR count). The van der Waals surface area contributed by atoms with E-state index in [0.29, 0.717) is 0 Å². The molecular formula is C10H7BF2N2O. The predicted octanol–water partition coefficient (Wildman–Crippen LogP) is 1.09. The van der Waals surface area contributed by atoms with E-state index in [1.54, 1.807) is 6.07 Å². The van der Waals surface area contributed by atoms with Gasteiger partial charge in [0.1, 0.15) is 6.20 Å². The van der Waals surface area contributed by atoms with Crippen molar-refractivity contribution >= 4 is 12.8 Å². The number of carbonyl (C=O) groups is 1. The molecule has 0 unspecified atom stereocenters. The van der Waals surface area contributed by atoms with Crippen molar-refractivity contribution in [2.24, 2.45) is 0 Å². The molecule has 2 aromatic heterocycles. The Kier molecular flexibility index (Phi) is 1.61. The van der Waals surface area contributed by atoms with E-state index in [9.17, 15) is 13.4 Å². The Morgan fingerprint density at radius 3 is 2.81 bits per heavy atom. The van der Waals surface area contributed by atoms with Gasteiger partial charge in [0, 0.05) is 6.07 Å². The summed E-state index contributed by atoms with van der Waals surface area (Å²) < 4.78 is 29.6. The maximum atomic E-state index is 14.0. The van der Waals surface area contributed by atoms with Crippen LogP contribution in [0.5, 0.6) is 0 Å². The van der Waals surface area contributed by atoms with E-state index in [1.165, 1.54) is 36.7 Å². The van der Waals surface area contributed by atoms with Crippen molar-refractivity contribution < 1.29 is 17.9 Å². The zero-order valence-corrected chi connectivity index (χ0v) is 8.18. The van der Waals surface area contributed by atoms with Gasteiger partial charge in [-0.05, 0) is 30.5 Å². The molecule has 80 valence electrons. The molecule has 0 bridgehead atoms.